The summed E-state index contributed by atoms with van der Waals surface area (Å²) in [4.78, 5) is 43.9. The molecule has 3 atom stereocenters. The lowest BCUT2D eigenvalue weighted by Gasteiger charge is -2.25. The van der Waals surface area contributed by atoms with Gasteiger partial charge in [0.25, 0.3) is 0 Å². The minimum atomic E-state index is -4.19. The molecule has 2 heterocycles. The second-order valence-corrected chi connectivity index (χ2v) is 13.1. The van der Waals surface area contributed by atoms with E-state index in [0.29, 0.717) is 49.3 Å². The number of carbonyl (C=O) groups is 3. The molecule has 46 heavy (non-hydrogen) atoms. The second kappa shape index (κ2) is 15.8. The Labute approximate surface area is 269 Å². The number of aromatic nitrogens is 1. The molecule has 12 nitrogen and oxygen atoms in total. The smallest absolute Gasteiger partial charge is 0.323 e. The van der Waals surface area contributed by atoms with Crippen molar-refractivity contribution in [2.45, 2.75) is 63.1 Å². The number of pyridine rings is 1. The number of carboxylic acids is 1. The number of benzene rings is 2. The van der Waals surface area contributed by atoms with E-state index in [1.54, 1.807) is 37.1 Å². The van der Waals surface area contributed by atoms with Crippen LogP contribution in [-0.2, 0) is 35.6 Å². The number of ether oxygens (including phenoxy) is 1. The van der Waals surface area contributed by atoms with Gasteiger partial charge in [-0.15, -0.1) is 0 Å². The molecule has 0 aliphatic carbocycles. The number of rotatable bonds is 15. The minimum absolute atomic E-state index is 0.00945. The van der Waals surface area contributed by atoms with E-state index < -0.39 is 40.6 Å². The molecular formula is C33H41N5O7S. The number of aryl methyl sites for hydroxylation is 4. The topological polar surface area (TPSA) is 167 Å². The summed E-state index contributed by atoms with van der Waals surface area (Å²) in [5.74, 6) is -1.39. The fourth-order valence-corrected chi connectivity index (χ4v) is 7.34. The average Bonchev–Trinajstić information content (AvgIpc) is 3.43. The second-order valence-electron chi connectivity index (χ2n) is 11.5. The number of nitrogens with zero attached hydrogens (tertiary/aromatic N) is 2. The maximum absolute atomic E-state index is 13.3. The van der Waals surface area contributed by atoms with Crippen LogP contribution in [0.2, 0.25) is 0 Å². The summed E-state index contributed by atoms with van der Waals surface area (Å²) in [6.45, 7) is 5.00. The van der Waals surface area contributed by atoms with Gasteiger partial charge in [0.05, 0.1) is 17.0 Å². The van der Waals surface area contributed by atoms with E-state index in [9.17, 15) is 27.9 Å². The number of amides is 2. The molecule has 246 valence electrons. The van der Waals surface area contributed by atoms with Crippen LogP contribution < -0.4 is 15.4 Å². The van der Waals surface area contributed by atoms with E-state index in [4.69, 9.17) is 4.74 Å². The first-order valence-electron chi connectivity index (χ1n) is 15.1. The van der Waals surface area contributed by atoms with Gasteiger partial charge in [0.15, 0.2) is 0 Å². The predicted molar refractivity (Wildman–Crippen MR) is 173 cm³/mol. The van der Waals surface area contributed by atoms with Crippen molar-refractivity contribution in [3.63, 3.8) is 0 Å². The zero-order chi connectivity index (χ0) is 33.3. The minimum Gasteiger partial charge on any atom is -0.480 e. The largest absolute Gasteiger partial charge is 0.480 e. The molecule has 1 fully saturated rings. The molecule has 2 amide bonds. The molecule has 3 unspecified atom stereocenters. The Hall–Kier alpha value is -4.33. The first kappa shape index (κ1) is 34.5. The van der Waals surface area contributed by atoms with E-state index in [2.05, 4.69) is 20.3 Å². The average molecular weight is 652 g/mol. The third-order valence-electron chi connectivity index (χ3n) is 7.77. The molecule has 0 bridgehead atoms. The standard InChI is InChI=1S/C33H41N5O7S/c1-22-15-23(2)32(24(3)16-22)46(43,44)37-28(33(41)42)19-36-30(39)21-45-27-17-26(18-35-29-11-7-8-14-34-29)38(20-27)31(40)13-12-25-9-5-4-6-10-25/h4-11,14-16,26-28,37H,12-13,17-21H2,1-3H3,(H,34,35)(H,36,39)(H,41,42). The molecule has 1 aliphatic rings. The van der Waals surface area contributed by atoms with Crippen molar-refractivity contribution in [1.29, 1.82) is 0 Å². The van der Waals surface area contributed by atoms with E-state index in [1.807, 2.05) is 55.5 Å². The SMILES string of the molecule is Cc1cc(C)c(S(=O)(=O)NC(CNC(=O)COC2CC(CNc3ccccn3)N(C(=O)CCc3ccccc3)C2)C(=O)O)c(C)c1. The van der Waals surface area contributed by atoms with Crippen molar-refractivity contribution in [3.8, 4) is 0 Å². The Kier molecular flexibility index (Phi) is 11.9. The van der Waals surface area contributed by atoms with Crippen LogP contribution in [0.1, 0.15) is 35.1 Å². The van der Waals surface area contributed by atoms with Crippen LogP contribution in [-0.4, -0.2) is 85.6 Å². The summed E-state index contributed by atoms with van der Waals surface area (Å²) in [6.07, 6.45) is 2.65. The van der Waals surface area contributed by atoms with Gasteiger partial charge in [-0.3, -0.25) is 14.4 Å². The van der Waals surface area contributed by atoms with Crippen LogP contribution in [0.5, 0.6) is 0 Å². The number of hydrogen-bond donors (Lipinski definition) is 4. The van der Waals surface area contributed by atoms with E-state index in [1.165, 1.54) is 0 Å². The van der Waals surface area contributed by atoms with Gasteiger partial charge in [0.1, 0.15) is 18.5 Å². The van der Waals surface area contributed by atoms with Crippen LogP contribution in [0.3, 0.4) is 0 Å². The molecule has 1 aliphatic heterocycles. The Morgan fingerprint density at radius 3 is 2.39 bits per heavy atom. The third kappa shape index (κ3) is 9.59. The number of nitrogens with one attached hydrogen (secondary N) is 3. The van der Waals surface area contributed by atoms with Gasteiger partial charge in [0, 0.05) is 32.3 Å². The molecule has 1 saturated heterocycles. The molecule has 0 radical (unpaired) electrons. The molecule has 0 spiro atoms. The summed E-state index contributed by atoms with van der Waals surface area (Å²) in [5, 5.41) is 15.4. The molecule has 2 aromatic carbocycles. The monoisotopic (exact) mass is 651 g/mol. The zero-order valence-electron chi connectivity index (χ0n) is 26.2. The van der Waals surface area contributed by atoms with Gasteiger partial charge in [0.2, 0.25) is 21.8 Å². The number of likely N-dealkylation sites (tertiary alicyclic amines) is 1. The summed E-state index contributed by atoms with van der Waals surface area (Å²) in [7, 11) is -4.19. The van der Waals surface area contributed by atoms with Gasteiger partial charge >= 0.3 is 5.97 Å². The maximum Gasteiger partial charge on any atom is 0.323 e. The number of carbonyl (C=O) groups excluding carboxylic acids is 2. The van der Waals surface area contributed by atoms with Crippen LogP contribution in [0.4, 0.5) is 5.82 Å². The van der Waals surface area contributed by atoms with E-state index in [-0.39, 0.29) is 23.5 Å². The van der Waals surface area contributed by atoms with Gasteiger partial charge in [-0.1, -0.05) is 54.1 Å². The number of sulfonamides is 1. The molecule has 4 N–H and O–H groups in total. The summed E-state index contributed by atoms with van der Waals surface area (Å²) in [6, 6.07) is 16.9. The Morgan fingerprint density at radius 2 is 1.74 bits per heavy atom. The van der Waals surface area contributed by atoms with Crippen molar-refractivity contribution in [3.05, 3.63) is 89.1 Å². The van der Waals surface area contributed by atoms with Crippen molar-refractivity contribution in [2.24, 2.45) is 0 Å². The lowest BCUT2D eigenvalue weighted by molar-refractivity contribution is -0.139. The summed E-state index contributed by atoms with van der Waals surface area (Å²) < 4.78 is 34.2. The Balaban J connectivity index is 1.32. The fraction of sp³-hybridized carbons (Fsp3) is 0.394. The van der Waals surface area contributed by atoms with Gasteiger partial charge < -0.3 is 25.4 Å². The highest BCUT2D eigenvalue weighted by Crippen LogP contribution is 2.24. The first-order chi connectivity index (χ1) is 21.9. The molecule has 3 aromatic rings. The zero-order valence-corrected chi connectivity index (χ0v) is 27.0. The molecule has 1 aromatic heterocycles. The van der Waals surface area contributed by atoms with Crippen LogP contribution in [0, 0.1) is 20.8 Å². The highest BCUT2D eigenvalue weighted by atomic mass is 32.2. The number of carboxylic acid groups (broad SMARTS) is 1. The quantitative estimate of drug-likeness (QED) is 0.193. The predicted octanol–water partition coefficient (Wildman–Crippen LogP) is 2.59. The van der Waals surface area contributed by atoms with E-state index >= 15 is 0 Å². The van der Waals surface area contributed by atoms with E-state index in [0.717, 1.165) is 11.1 Å². The molecule has 13 heteroatoms. The van der Waals surface area contributed by atoms with Crippen molar-refractivity contribution >= 4 is 33.6 Å². The lowest BCUT2D eigenvalue weighted by atomic mass is 10.1. The normalized spacial score (nSPS) is 17.0. The summed E-state index contributed by atoms with van der Waals surface area (Å²) in [5.41, 5.74) is 2.93. The molecular weight excluding hydrogens is 610 g/mol. The Bertz CT molecular complexity index is 1600. The summed E-state index contributed by atoms with van der Waals surface area (Å²) >= 11 is 0. The third-order valence-corrected chi connectivity index (χ3v) is 9.55. The number of aliphatic carboxylic acids is 1. The number of anilines is 1. The van der Waals surface area contributed by atoms with Crippen molar-refractivity contribution < 1.29 is 32.6 Å². The van der Waals surface area contributed by atoms with Crippen LogP contribution in [0.15, 0.2) is 71.8 Å². The van der Waals surface area contributed by atoms with Gasteiger partial charge in [-0.2, -0.15) is 4.72 Å². The van der Waals surface area contributed by atoms with Crippen molar-refractivity contribution in [1.82, 2.24) is 19.9 Å². The van der Waals surface area contributed by atoms with Crippen LogP contribution >= 0.6 is 0 Å². The van der Waals surface area contributed by atoms with Crippen molar-refractivity contribution in [2.75, 3.05) is 31.6 Å². The Morgan fingerprint density at radius 1 is 1.04 bits per heavy atom. The fourth-order valence-electron chi connectivity index (χ4n) is 5.70. The first-order valence-corrected chi connectivity index (χ1v) is 16.6. The number of hydrogen-bond acceptors (Lipinski definition) is 8. The van der Waals surface area contributed by atoms with Crippen LogP contribution in [0.25, 0.3) is 0 Å². The molecule has 0 saturated carbocycles. The molecule has 4 rings (SSSR count). The maximum atomic E-state index is 13.3. The van der Waals surface area contributed by atoms with Gasteiger partial charge in [-0.25, -0.2) is 13.4 Å². The highest BCUT2D eigenvalue weighted by molar-refractivity contribution is 7.89. The van der Waals surface area contributed by atoms with Gasteiger partial charge in [-0.05, 0) is 62.4 Å². The lowest BCUT2D eigenvalue weighted by Crippen LogP contribution is -2.49. The highest BCUT2D eigenvalue weighted by Gasteiger charge is 2.36.